The van der Waals surface area contributed by atoms with Crippen molar-refractivity contribution in [2.45, 2.75) is 78.1 Å². The van der Waals surface area contributed by atoms with Crippen LogP contribution in [0.1, 0.15) is 75.4 Å². The molecule has 0 aliphatic rings. The summed E-state index contributed by atoms with van der Waals surface area (Å²) >= 11 is 0. The van der Waals surface area contributed by atoms with Crippen molar-refractivity contribution in [3.05, 3.63) is 131 Å². The zero-order valence-electron chi connectivity index (χ0n) is 27.3. The molecule has 45 heavy (non-hydrogen) atoms. The Bertz CT molecular complexity index is 1790. The predicted molar refractivity (Wildman–Crippen MR) is 184 cm³/mol. The van der Waals surface area contributed by atoms with Crippen LogP contribution in [0, 0.1) is 0 Å². The molecule has 0 radical (unpaired) electrons. The van der Waals surface area contributed by atoms with Crippen molar-refractivity contribution in [2.24, 2.45) is 0 Å². The van der Waals surface area contributed by atoms with E-state index in [4.69, 9.17) is 24.7 Å². The standard InChI is InChI=1S/C40H42N4O/c1-39(2,3)29-21-15-27(16-22-29)19-25-35-41-33-13-9-7-11-31(33)37(43-35)45-38-32-12-8-10-14-34(32)42-36(44-38)26-20-28-17-23-30(24-18-28)40(4,5)6/h7-18,21-24H,19-20,25-26H2,1-6H3. The Morgan fingerprint density at radius 3 is 1.20 bits per heavy atom. The molecule has 0 atom stereocenters. The average molecular weight is 595 g/mol. The van der Waals surface area contributed by atoms with Crippen LogP contribution in [0.4, 0.5) is 0 Å². The largest absolute Gasteiger partial charge is 0.419 e. The second-order valence-electron chi connectivity index (χ2n) is 13.9. The summed E-state index contributed by atoms with van der Waals surface area (Å²) in [5.74, 6) is 2.54. The summed E-state index contributed by atoms with van der Waals surface area (Å²) in [4.78, 5) is 19.6. The molecule has 0 bridgehead atoms. The second-order valence-corrected chi connectivity index (χ2v) is 13.9. The molecule has 0 saturated heterocycles. The topological polar surface area (TPSA) is 60.8 Å². The maximum Gasteiger partial charge on any atom is 0.232 e. The van der Waals surface area contributed by atoms with Gasteiger partial charge in [0, 0.05) is 12.8 Å². The minimum atomic E-state index is 0.134. The van der Waals surface area contributed by atoms with Crippen molar-refractivity contribution in [3.63, 3.8) is 0 Å². The summed E-state index contributed by atoms with van der Waals surface area (Å²) < 4.78 is 6.59. The van der Waals surface area contributed by atoms with Gasteiger partial charge >= 0.3 is 0 Å². The summed E-state index contributed by atoms with van der Waals surface area (Å²) in [7, 11) is 0. The molecule has 5 nitrogen and oxygen atoms in total. The van der Waals surface area contributed by atoms with Crippen molar-refractivity contribution < 1.29 is 4.74 Å². The molecule has 228 valence electrons. The van der Waals surface area contributed by atoms with E-state index in [1.54, 1.807) is 0 Å². The van der Waals surface area contributed by atoms with E-state index in [2.05, 4.69) is 90.1 Å². The van der Waals surface area contributed by atoms with Gasteiger partial charge in [-0.25, -0.2) is 9.97 Å². The van der Waals surface area contributed by atoms with Crippen LogP contribution in [0.15, 0.2) is 97.1 Å². The molecular formula is C40H42N4O. The highest BCUT2D eigenvalue weighted by Gasteiger charge is 2.17. The number of hydrogen-bond acceptors (Lipinski definition) is 5. The van der Waals surface area contributed by atoms with Gasteiger partial charge in [0.1, 0.15) is 11.6 Å². The van der Waals surface area contributed by atoms with Crippen LogP contribution in [0.3, 0.4) is 0 Å². The monoisotopic (exact) mass is 594 g/mol. The van der Waals surface area contributed by atoms with E-state index >= 15 is 0 Å². The molecule has 0 fully saturated rings. The molecule has 5 heteroatoms. The lowest BCUT2D eigenvalue weighted by Gasteiger charge is -2.19. The maximum absolute atomic E-state index is 6.59. The van der Waals surface area contributed by atoms with Crippen molar-refractivity contribution in [1.82, 2.24) is 19.9 Å². The summed E-state index contributed by atoms with van der Waals surface area (Å²) in [5.41, 5.74) is 7.18. The van der Waals surface area contributed by atoms with Gasteiger partial charge < -0.3 is 4.74 Å². The Labute approximate surface area is 266 Å². The van der Waals surface area contributed by atoms with Gasteiger partial charge in [-0.15, -0.1) is 0 Å². The minimum Gasteiger partial charge on any atom is -0.419 e. The molecule has 6 aromatic rings. The van der Waals surface area contributed by atoms with E-state index < -0.39 is 0 Å². The number of aromatic nitrogens is 4. The molecule has 0 unspecified atom stereocenters. The molecule has 0 aliphatic heterocycles. The van der Waals surface area contributed by atoms with Crippen LogP contribution in [0.5, 0.6) is 11.8 Å². The lowest BCUT2D eigenvalue weighted by atomic mass is 9.86. The van der Waals surface area contributed by atoms with Crippen LogP contribution in [0.2, 0.25) is 0 Å². The van der Waals surface area contributed by atoms with Gasteiger partial charge in [0.25, 0.3) is 0 Å². The van der Waals surface area contributed by atoms with Crippen LogP contribution in [-0.4, -0.2) is 19.9 Å². The van der Waals surface area contributed by atoms with E-state index in [1.165, 1.54) is 22.3 Å². The first-order valence-electron chi connectivity index (χ1n) is 15.9. The highest BCUT2D eigenvalue weighted by molar-refractivity contribution is 5.86. The molecule has 6 rings (SSSR count). The number of para-hydroxylation sites is 2. The lowest BCUT2D eigenvalue weighted by molar-refractivity contribution is 0.449. The number of aryl methyl sites for hydroxylation is 4. The lowest BCUT2D eigenvalue weighted by Crippen LogP contribution is -2.10. The Kier molecular flexibility index (Phi) is 8.37. The predicted octanol–water partition coefficient (Wildman–Crippen LogP) is 9.53. The van der Waals surface area contributed by atoms with E-state index in [9.17, 15) is 0 Å². The van der Waals surface area contributed by atoms with E-state index in [0.29, 0.717) is 24.6 Å². The zero-order chi connectivity index (χ0) is 31.6. The van der Waals surface area contributed by atoms with Crippen molar-refractivity contribution in [3.8, 4) is 11.8 Å². The summed E-state index contributed by atoms with van der Waals surface area (Å²) in [6.07, 6.45) is 3.11. The van der Waals surface area contributed by atoms with Gasteiger partial charge in [-0.1, -0.05) is 114 Å². The smallest absolute Gasteiger partial charge is 0.232 e. The van der Waals surface area contributed by atoms with Crippen LogP contribution >= 0.6 is 0 Å². The van der Waals surface area contributed by atoms with Gasteiger partial charge in [0.05, 0.1) is 21.8 Å². The fraction of sp³-hybridized carbons (Fsp3) is 0.300. The molecule has 0 spiro atoms. The Morgan fingerprint density at radius 2 is 0.822 bits per heavy atom. The molecule has 2 aromatic heterocycles. The van der Waals surface area contributed by atoms with Crippen molar-refractivity contribution >= 4 is 21.8 Å². The zero-order valence-corrected chi connectivity index (χ0v) is 27.3. The Hall–Kier alpha value is -4.64. The number of benzene rings is 4. The van der Waals surface area contributed by atoms with Gasteiger partial charge in [-0.2, -0.15) is 9.97 Å². The third-order valence-corrected chi connectivity index (χ3v) is 8.34. The third-order valence-electron chi connectivity index (χ3n) is 8.34. The Balaban J connectivity index is 1.27. The second kappa shape index (κ2) is 12.4. The summed E-state index contributed by atoms with van der Waals surface area (Å²) in [6, 6.07) is 33.8. The average Bonchev–Trinajstić information content (AvgIpc) is 3.02. The van der Waals surface area contributed by atoms with Crippen LogP contribution < -0.4 is 4.74 Å². The highest BCUT2D eigenvalue weighted by atomic mass is 16.5. The first kappa shape index (κ1) is 30.4. The highest BCUT2D eigenvalue weighted by Crippen LogP contribution is 2.31. The minimum absolute atomic E-state index is 0.134. The van der Waals surface area contributed by atoms with Crippen molar-refractivity contribution in [2.75, 3.05) is 0 Å². The fourth-order valence-corrected chi connectivity index (χ4v) is 5.51. The van der Waals surface area contributed by atoms with Crippen LogP contribution in [-0.2, 0) is 36.5 Å². The number of ether oxygens (including phenoxy) is 1. The SMILES string of the molecule is CC(C)(C)c1ccc(CCc2nc(Oc3nc(CCc4ccc(C(C)(C)C)cc4)nc4ccccc34)c3ccccc3n2)cc1. The number of rotatable bonds is 8. The molecule has 0 N–H and O–H groups in total. The van der Waals surface area contributed by atoms with Gasteiger partial charge in [-0.05, 0) is 70.2 Å². The molecule has 4 aromatic carbocycles. The molecule has 2 heterocycles. The quantitative estimate of drug-likeness (QED) is 0.176. The molecule has 0 amide bonds. The molecule has 0 saturated carbocycles. The molecule has 0 aliphatic carbocycles. The number of hydrogen-bond donors (Lipinski definition) is 0. The van der Waals surface area contributed by atoms with E-state index in [0.717, 1.165) is 46.3 Å². The first-order valence-corrected chi connectivity index (χ1v) is 15.9. The van der Waals surface area contributed by atoms with E-state index in [-0.39, 0.29) is 10.8 Å². The first-order chi connectivity index (χ1) is 21.5. The molecular weight excluding hydrogens is 552 g/mol. The van der Waals surface area contributed by atoms with Gasteiger partial charge in [0.15, 0.2) is 0 Å². The summed E-state index contributed by atoms with van der Waals surface area (Å²) in [6.45, 7) is 13.4. The Morgan fingerprint density at radius 1 is 0.444 bits per heavy atom. The number of nitrogens with zero attached hydrogens (tertiary/aromatic N) is 4. The number of fused-ring (bicyclic) bond motifs is 2. The summed E-state index contributed by atoms with van der Waals surface area (Å²) in [5, 5.41) is 1.72. The normalized spacial score (nSPS) is 12.1. The maximum atomic E-state index is 6.59. The van der Waals surface area contributed by atoms with Crippen LogP contribution in [0.25, 0.3) is 21.8 Å². The fourth-order valence-electron chi connectivity index (χ4n) is 5.51. The van der Waals surface area contributed by atoms with Gasteiger partial charge in [-0.3, -0.25) is 0 Å². The third kappa shape index (κ3) is 7.20. The van der Waals surface area contributed by atoms with Gasteiger partial charge in [0.2, 0.25) is 11.8 Å². The van der Waals surface area contributed by atoms with Crippen molar-refractivity contribution in [1.29, 1.82) is 0 Å². The van der Waals surface area contributed by atoms with E-state index in [1.807, 2.05) is 48.5 Å².